The highest BCUT2D eigenvalue weighted by atomic mass is 16.2. The van der Waals surface area contributed by atoms with Gasteiger partial charge >= 0.3 is 6.03 Å². The number of nitrogens with two attached hydrogens (primary N) is 1. The first-order valence-electron chi connectivity index (χ1n) is 7.24. The number of likely N-dealkylation sites (tertiary alicyclic amines) is 1. The summed E-state index contributed by atoms with van der Waals surface area (Å²) in [6.45, 7) is 5.69. The Morgan fingerprint density at radius 1 is 1.30 bits per heavy atom. The summed E-state index contributed by atoms with van der Waals surface area (Å²) in [4.78, 5) is 14.3. The molecule has 1 saturated heterocycles. The number of anilines is 1. The van der Waals surface area contributed by atoms with Gasteiger partial charge in [-0.1, -0.05) is 17.7 Å². The van der Waals surface area contributed by atoms with Gasteiger partial charge in [-0.15, -0.1) is 0 Å². The predicted octanol–water partition coefficient (Wildman–Crippen LogP) is 1.54. The molecule has 1 aromatic rings. The zero-order valence-corrected chi connectivity index (χ0v) is 12.1. The molecule has 0 atom stereocenters. The minimum absolute atomic E-state index is 0.119. The summed E-state index contributed by atoms with van der Waals surface area (Å²) >= 11 is 0. The predicted molar refractivity (Wildman–Crippen MR) is 81.8 cm³/mol. The van der Waals surface area contributed by atoms with E-state index in [1.807, 2.05) is 31.2 Å². The minimum atomic E-state index is -0.119. The van der Waals surface area contributed by atoms with Crippen LogP contribution in [-0.2, 0) is 0 Å². The lowest BCUT2D eigenvalue weighted by molar-refractivity contribution is 0.200. The van der Waals surface area contributed by atoms with Gasteiger partial charge < -0.3 is 21.3 Å². The maximum Gasteiger partial charge on any atom is 0.319 e. The van der Waals surface area contributed by atoms with Crippen LogP contribution in [0.4, 0.5) is 10.5 Å². The van der Waals surface area contributed by atoms with Crippen LogP contribution in [0, 0.1) is 6.92 Å². The quantitative estimate of drug-likeness (QED) is 0.781. The summed E-state index contributed by atoms with van der Waals surface area (Å²) in [6.07, 6.45) is 1.97. The molecule has 5 nitrogen and oxygen atoms in total. The zero-order valence-electron chi connectivity index (χ0n) is 12.1. The van der Waals surface area contributed by atoms with Gasteiger partial charge in [-0.05, 0) is 31.9 Å². The molecule has 5 heteroatoms. The van der Waals surface area contributed by atoms with E-state index < -0.39 is 0 Å². The van der Waals surface area contributed by atoms with Gasteiger partial charge in [0.05, 0.1) is 0 Å². The molecule has 0 unspecified atom stereocenters. The molecular weight excluding hydrogens is 252 g/mol. The Kier molecular flexibility index (Phi) is 5.38. The van der Waals surface area contributed by atoms with Crippen molar-refractivity contribution in [1.82, 2.24) is 10.2 Å². The van der Waals surface area contributed by atoms with Crippen molar-refractivity contribution < 1.29 is 4.79 Å². The lowest BCUT2D eigenvalue weighted by Crippen LogP contribution is -2.46. The molecule has 1 fully saturated rings. The van der Waals surface area contributed by atoms with Gasteiger partial charge in [0.25, 0.3) is 0 Å². The number of nitrogens with zero attached hydrogens (tertiary/aromatic N) is 1. The number of piperidine rings is 1. The van der Waals surface area contributed by atoms with Crippen LogP contribution >= 0.6 is 0 Å². The highest BCUT2D eigenvalue weighted by molar-refractivity contribution is 5.89. The Bertz CT molecular complexity index is 424. The molecule has 0 saturated carbocycles. The van der Waals surface area contributed by atoms with Crippen molar-refractivity contribution in [3.05, 3.63) is 29.8 Å². The van der Waals surface area contributed by atoms with Crippen LogP contribution in [0.2, 0.25) is 0 Å². The average Bonchev–Trinajstić information content (AvgIpc) is 2.44. The molecule has 0 aromatic heterocycles. The maximum atomic E-state index is 11.9. The summed E-state index contributed by atoms with van der Waals surface area (Å²) in [7, 11) is 0. The van der Waals surface area contributed by atoms with Gasteiger partial charge in [0, 0.05) is 37.9 Å². The van der Waals surface area contributed by atoms with Gasteiger partial charge in [-0.2, -0.15) is 0 Å². The normalized spacial score (nSPS) is 16.9. The van der Waals surface area contributed by atoms with Crippen molar-refractivity contribution in [3.63, 3.8) is 0 Å². The molecule has 2 amide bonds. The van der Waals surface area contributed by atoms with Crippen molar-refractivity contribution in [1.29, 1.82) is 0 Å². The van der Waals surface area contributed by atoms with E-state index in [4.69, 9.17) is 5.73 Å². The van der Waals surface area contributed by atoms with Crippen molar-refractivity contribution in [2.24, 2.45) is 5.73 Å². The van der Waals surface area contributed by atoms with Crippen molar-refractivity contribution >= 4 is 11.7 Å². The topological polar surface area (TPSA) is 70.4 Å². The van der Waals surface area contributed by atoms with E-state index in [9.17, 15) is 4.79 Å². The number of rotatable bonds is 4. The summed E-state index contributed by atoms with van der Waals surface area (Å²) in [5.74, 6) is 0. The van der Waals surface area contributed by atoms with Crippen molar-refractivity contribution in [3.8, 4) is 0 Å². The van der Waals surface area contributed by atoms with Gasteiger partial charge in [0.15, 0.2) is 0 Å². The molecule has 0 aliphatic carbocycles. The van der Waals surface area contributed by atoms with Gasteiger partial charge in [-0.25, -0.2) is 4.79 Å². The smallest absolute Gasteiger partial charge is 0.319 e. The molecule has 1 aliphatic heterocycles. The number of urea groups is 1. The van der Waals surface area contributed by atoms with Gasteiger partial charge in [0.2, 0.25) is 0 Å². The fourth-order valence-electron chi connectivity index (χ4n) is 2.47. The largest absolute Gasteiger partial charge is 0.335 e. The number of benzene rings is 1. The highest BCUT2D eigenvalue weighted by Crippen LogP contribution is 2.11. The maximum absolute atomic E-state index is 11.9. The van der Waals surface area contributed by atoms with E-state index >= 15 is 0 Å². The Hall–Kier alpha value is -1.59. The molecule has 0 bridgehead atoms. The van der Waals surface area contributed by atoms with Gasteiger partial charge in [-0.3, -0.25) is 0 Å². The average molecular weight is 276 g/mol. The SMILES string of the molecule is Cc1ccc(NC(=O)NC2CCN(CCN)CC2)cc1. The first kappa shape index (κ1) is 14.8. The van der Waals surface area contributed by atoms with E-state index in [1.165, 1.54) is 5.56 Å². The fourth-order valence-corrected chi connectivity index (χ4v) is 2.47. The van der Waals surface area contributed by atoms with Crippen LogP contribution in [0.15, 0.2) is 24.3 Å². The summed E-state index contributed by atoms with van der Waals surface area (Å²) in [5, 5.41) is 5.91. The first-order chi connectivity index (χ1) is 9.67. The second-order valence-electron chi connectivity index (χ2n) is 5.37. The lowest BCUT2D eigenvalue weighted by Gasteiger charge is -2.31. The van der Waals surface area contributed by atoms with Crippen LogP contribution < -0.4 is 16.4 Å². The summed E-state index contributed by atoms with van der Waals surface area (Å²) < 4.78 is 0. The molecular formula is C15H24N4O. The number of amides is 2. The van der Waals surface area contributed by atoms with E-state index in [2.05, 4.69) is 15.5 Å². The molecule has 1 aromatic carbocycles. The van der Waals surface area contributed by atoms with E-state index in [1.54, 1.807) is 0 Å². The zero-order chi connectivity index (χ0) is 14.4. The first-order valence-corrected chi connectivity index (χ1v) is 7.24. The van der Waals surface area contributed by atoms with Gasteiger partial charge in [0.1, 0.15) is 0 Å². The van der Waals surface area contributed by atoms with E-state index in [0.29, 0.717) is 6.54 Å². The van der Waals surface area contributed by atoms with Crippen LogP contribution in [0.3, 0.4) is 0 Å². The van der Waals surface area contributed by atoms with E-state index in [0.717, 1.165) is 38.2 Å². The lowest BCUT2D eigenvalue weighted by atomic mass is 10.1. The molecule has 110 valence electrons. The Labute approximate surface area is 120 Å². The fraction of sp³-hybridized carbons (Fsp3) is 0.533. The van der Waals surface area contributed by atoms with E-state index in [-0.39, 0.29) is 12.1 Å². The number of aryl methyl sites for hydroxylation is 1. The van der Waals surface area contributed by atoms with Crippen LogP contribution in [0.25, 0.3) is 0 Å². The molecule has 1 aliphatic rings. The van der Waals surface area contributed by atoms with Crippen LogP contribution in [0.5, 0.6) is 0 Å². The Balaban J connectivity index is 1.74. The summed E-state index contributed by atoms with van der Waals surface area (Å²) in [5.41, 5.74) is 7.56. The summed E-state index contributed by atoms with van der Waals surface area (Å²) in [6, 6.07) is 7.94. The number of carbonyl (C=O) groups excluding carboxylic acids is 1. The van der Waals surface area contributed by atoms with Crippen molar-refractivity contribution in [2.75, 3.05) is 31.5 Å². The Morgan fingerprint density at radius 2 is 1.95 bits per heavy atom. The molecule has 1 heterocycles. The van der Waals surface area contributed by atoms with Crippen molar-refractivity contribution in [2.45, 2.75) is 25.8 Å². The monoisotopic (exact) mass is 276 g/mol. The number of hydrogen-bond donors (Lipinski definition) is 3. The molecule has 0 spiro atoms. The third kappa shape index (κ3) is 4.51. The van der Waals surface area contributed by atoms with Crippen LogP contribution in [0.1, 0.15) is 18.4 Å². The standard InChI is InChI=1S/C15H24N4O/c1-12-2-4-13(5-3-12)17-15(20)18-14-6-9-19(10-7-14)11-8-16/h2-5,14H,6-11,16H2,1H3,(H2,17,18,20). The second kappa shape index (κ2) is 7.26. The number of hydrogen-bond acceptors (Lipinski definition) is 3. The molecule has 2 rings (SSSR count). The molecule has 20 heavy (non-hydrogen) atoms. The number of nitrogens with one attached hydrogen (secondary N) is 2. The Morgan fingerprint density at radius 3 is 2.55 bits per heavy atom. The third-order valence-corrected chi connectivity index (χ3v) is 3.68. The number of carbonyl (C=O) groups is 1. The molecule has 0 radical (unpaired) electrons. The minimum Gasteiger partial charge on any atom is -0.335 e. The molecule has 4 N–H and O–H groups in total. The highest BCUT2D eigenvalue weighted by Gasteiger charge is 2.19. The third-order valence-electron chi connectivity index (χ3n) is 3.68. The second-order valence-corrected chi connectivity index (χ2v) is 5.37. The van der Waals surface area contributed by atoms with Crippen LogP contribution in [-0.4, -0.2) is 43.2 Å².